The Morgan fingerprint density at radius 2 is 1.87 bits per heavy atom. The third kappa shape index (κ3) is 3.43. The Hall–Kier alpha value is -2.92. The van der Waals surface area contributed by atoms with E-state index in [-0.39, 0.29) is 11.4 Å². The molecule has 1 aliphatic heterocycles. The molecule has 5 heteroatoms. The van der Waals surface area contributed by atoms with E-state index in [1.54, 1.807) is 12.4 Å². The minimum absolute atomic E-state index is 0.0243. The summed E-state index contributed by atoms with van der Waals surface area (Å²) in [5, 5.41) is 11.5. The molecule has 2 fully saturated rings. The van der Waals surface area contributed by atoms with E-state index < -0.39 is 0 Å². The molecule has 5 rings (SSSR count). The van der Waals surface area contributed by atoms with Crippen molar-refractivity contribution in [1.29, 1.82) is 0 Å². The van der Waals surface area contributed by atoms with Gasteiger partial charge in [0.15, 0.2) is 0 Å². The van der Waals surface area contributed by atoms with Crippen molar-refractivity contribution >= 4 is 28.2 Å². The van der Waals surface area contributed by atoms with Crippen molar-refractivity contribution in [2.24, 2.45) is 11.8 Å². The third-order valence-corrected chi connectivity index (χ3v) is 6.50. The third-order valence-electron chi connectivity index (χ3n) is 6.50. The van der Waals surface area contributed by atoms with E-state index in [4.69, 9.17) is 0 Å². The zero-order valence-electron chi connectivity index (χ0n) is 17.7. The van der Waals surface area contributed by atoms with Crippen LogP contribution in [0.4, 0.5) is 16.2 Å². The van der Waals surface area contributed by atoms with Gasteiger partial charge in [-0.15, -0.1) is 0 Å². The Kier molecular flexibility index (Phi) is 4.51. The summed E-state index contributed by atoms with van der Waals surface area (Å²) in [7, 11) is 0. The number of nitrogens with one attached hydrogen (secondary N) is 3. The van der Waals surface area contributed by atoms with Gasteiger partial charge in [0.2, 0.25) is 0 Å². The molecule has 30 heavy (non-hydrogen) atoms. The van der Waals surface area contributed by atoms with Crippen molar-refractivity contribution in [3.63, 3.8) is 0 Å². The molecule has 3 aromatic rings. The van der Waals surface area contributed by atoms with E-state index in [9.17, 15) is 4.79 Å². The van der Waals surface area contributed by atoms with Crippen LogP contribution in [0.1, 0.15) is 37.8 Å². The number of hydrogen-bond acceptors (Lipinski definition) is 3. The molecule has 3 N–H and O–H groups in total. The highest BCUT2D eigenvalue weighted by Crippen LogP contribution is 2.57. The highest BCUT2D eigenvalue weighted by molar-refractivity contribution is 6.06. The number of hydrogen-bond donors (Lipinski definition) is 3. The smallest absolute Gasteiger partial charge is 0.316 e. The molecule has 5 nitrogen and oxygen atoms in total. The Morgan fingerprint density at radius 3 is 2.63 bits per heavy atom. The summed E-state index contributed by atoms with van der Waals surface area (Å²) in [5.41, 5.74) is 4.41. The van der Waals surface area contributed by atoms with Crippen LogP contribution in [0.3, 0.4) is 0 Å². The average molecular weight is 401 g/mol. The Morgan fingerprint density at radius 1 is 1.07 bits per heavy atom. The molecule has 2 unspecified atom stereocenters. The van der Waals surface area contributed by atoms with Crippen LogP contribution in [-0.4, -0.2) is 24.1 Å². The maximum absolute atomic E-state index is 12.7. The lowest BCUT2D eigenvalue weighted by atomic mass is 9.81. The van der Waals surface area contributed by atoms with E-state index >= 15 is 0 Å². The molecular weight excluding hydrogens is 372 g/mol. The Labute approximate surface area is 177 Å². The van der Waals surface area contributed by atoms with Gasteiger partial charge in [0.1, 0.15) is 0 Å². The van der Waals surface area contributed by atoms with E-state index in [0.717, 1.165) is 47.1 Å². The summed E-state index contributed by atoms with van der Waals surface area (Å²) in [4.78, 5) is 16.9. The number of piperidine rings is 1. The molecule has 2 heterocycles. The second-order valence-electron chi connectivity index (χ2n) is 9.55. The van der Waals surface area contributed by atoms with Crippen LogP contribution in [0.5, 0.6) is 0 Å². The summed E-state index contributed by atoms with van der Waals surface area (Å²) in [5.74, 6) is 2.20. The molecular formula is C25H28N4O. The fraction of sp³-hybridized carbons (Fsp3) is 0.360. The van der Waals surface area contributed by atoms with Gasteiger partial charge in [-0.05, 0) is 71.7 Å². The number of rotatable bonds is 3. The molecule has 1 aliphatic carbocycles. The molecule has 0 radical (unpaired) electrons. The molecule has 0 bridgehead atoms. The number of pyridine rings is 1. The van der Waals surface area contributed by atoms with Gasteiger partial charge < -0.3 is 16.0 Å². The number of carbonyl (C=O) groups excluding carboxylic acids is 1. The highest BCUT2D eigenvalue weighted by Gasteiger charge is 2.54. The van der Waals surface area contributed by atoms with Crippen LogP contribution in [0.2, 0.25) is 0 Å². The second-order valence-corrected chi connectivity index (χ2v) is 9.55. The number of urea groups is 1. The molecule has 154 valence electrons. The normalized spacial score (nSPS) is 22.6. The van der Waals surface area contributed by atoms with E-state index in [1.165, 1.54) is 11.1 Å². The molecule has 0 spiro atoms. The van der Waals surface area contributed by atoms with E-state index in [1.807, 2.05) is 30.3 Å². The van der Waals surface area contributed by atoms with Crippen LogP contribution in [0.15, 0.2) is 54.9 Å². The van der Waals surface area contributed by atoms with E-state index in [0.29, 0.717) is 5.92 Å². The topological polar surface area (TPSA) is 66.0 Å². The molecule has 1 saturated heterocycles. The number of nitrogens with zero attached hydrogens (tertiary/aromatic N) is 1. The molecule has 2 atom stereocenters. The predicted molar refractivity (Wildman–Crippen MR) is 122 cm³/mol. The SMILES string of the molecule is CC(C)(C)c1cc(NC(=O)Nc2cccc3cnccc23)ccc1C1C2CNCC21. The maximum Gasteiger partial charge on any atom is 0.323 e. The zero-order chi connectivity index (χ0) is 20.9. The van der Waals surface area contributed by atoms with Crippen molar-refractivity contribution in [2.75, 3.05) is 23.7 Å². The van der Waals surface area contributed by atoms with E-state index in [2.05, 4.69) is 53.8 Å². The van der Waals surface area contributed by atoms with Crippen molar-refractivity contribution in [3.05, 3.63) is 66.0 Å². The van der Waals surface area contributed by atoms with Gasteiger partial charge in [-0.1, -0.05) is 39.0 Å². The first-order valence-corrected chi connectivity index (χ1v) is 10.7. The fourth-order valence-electron chi connectivity index (χ4n) is 4.97. The molecule has 2 amide bonds. The van der Waals surface area contributed by atoms with Gasteiger partial charge in [-0.3, -0.25) is 4.98 Å². The Balaban J connectivity index is 1.37. The molecule has 2 aromatic carbocycles. The average Bonchev–Trinajstić information content (AvgIpc) is 3.18. The summed E-state index contributed by atoms with van der Waals surface area (Å²) in [6, 6.07) is 13.9. The predicted octanol–water partition coefficient (Wildman–Crippen LogP) is 5.11. The number of aromatic nitrogens is 1. The lowest BCUT2D eigenvalue weighted by Crippen LogP contribution is -2.21. The van der Waals surface area contributed by atoms with Gasteiger partial charge in [-0.25, -0.2) is 4.79 Å². The maximum atomic E-state index is 12.7. The number of fused-ring (bicyclic) bond motifs is 2. The van der Waals surface area contributed by atoms with Crippen LogP contribution < -0.4 is 16.0 Å². The number of carbonyl (C=O) groups is 1. The minimum Gasteiger partial charge on any atom is -0.316 e. The first kappa shape index (κ1) is 19.1. The molecule has 1 saturated carbocycles. The Bertz CT molecular complexity index is 1100. The molecule has 1 aromatic heterocycles. The van der Waals surface area contributed by atoms with Gasteiger partial charge >= 0.3 is 6.03 Å². The number of benzene rings is 2. The number of amides is 2. The summed E-state index contributed by atoms with van der Waals surface area (Å²) in [6.07, 6.45) is 3.54. The van der Waals surface area contributed by atoms with Crippen LogP contribution in [-0.2, 0) is 5.41 Å². The van der Waals surface area contributed by atoms with Crippen molar-refractivity contribution in [1.82, 2.24) is 10.3 Å². The zero-order valence-corrected chi connectivity index (χ0v) is 17.7. The quantitative estimate of drug-likeness (QED) is 0.572. The standard InChI is InChI=1S/C25H28N4O/c1-25(2,3)21-11-16(7-8-18(21)23-19-13-27-14-20(19)23)28-24(30)29-22-6-4-5-15-12-26-10-9-17(15)22/h4-12,19-20,23,27H,13-14H2,1-3H3,(H2,28,29,30). The van der Waals surface area contributed by atoms with Gasteiger partial charge in [0.25, 0.3) is 0 Å². The minimum atomic E-state index is -0.237. The summed E-state index contributed by atoms with van der Waals surface area (Å²) in [6.45, 7) is 8.99. The number of anilines is 2. The summed E-state index contributed by atoms with van der Waals surface area (Å²) < 4.78 is 0. The largest absolute Gasteiger partial charge is 0.323 e. The lowest BCUT2D eigenvalue weighted by Gasteiger charge is -2.25. The van der Waals surface area contributed by atoms with Crippen molar-refractivity contribution in [3.8, 4) is 0 Å². The second kappa shape index (κ2) is 7.10. The van der Waals surface area contributed by atoms with Crippen LogP contribution in [0.25, 0.3) is 10.8 Å². The highest BCUT2D eigenvalue weighted by atomic mass is 16.2. The van der Waals surface area contributed by atoms with Crippen molar-refractivity contribution < 1.29 is 4.79 Å². The lowest BCUT2D eigenvalue weighted by molar-refractivity contribution is 0.262. The molecule has 2 aliphatic rings. The summed E-state index contributed by atoms with van der Waals surface area (Å²) >= 11 is 0. The first-order valence-electron chi connectivity index (χ1n) is 10.7. The first-order chi connectivity index (χ1) is 14.4. The van der Waals surface area contributed by atoms with Gasteiger partial charge in [0, 0.05) is 28.9 Å². The van der Waals surface area contributed by atoms with Crippen LogP contribution in [0, 0.1) is 11.8 Å². The van der Waals surface area contributed by atoms with Crippen LogP contribution >= 0.6 is 0 Å². The van der Waals surface area contributed by atoms with Gasteiger partial charge in [-0.2, -0.15) is 0 Å². The fourth-order valence-corrected chi connectivity index (χ4v) is 4.97. The van der Waals surface area contributed by atoms with Crippen molar-refractivity contribution in [2.45, 2.75) is 32.1 Å². The monoisotopic (exact) mass is 400 g/mol. The van der Waals surface area contributed by atoms with Gasteiger partial charge in [0.05, 0.1) is 5.69 Å².